The van der Waals surface area contributed by atoms with E-state index in [0.717, 1.165) is 19.8 Å². The van der Waals surface area contributed by atoms with Gasteiger partial charge in [0.05, 0.1) is 6.61 Å². The van der Waals surface area contributed by atoms with Crippen LogP contribution in [0.1, 0.15) is 25.7 Å². The first-order valence-electron chi connectivity index (χ1n) is 5.82. The van der Waals surface area contributed by atoms with Crippen LogP contribution in [0.2, 0.25) is 0 Å². The summed E-state index contributed by atoms with van der Waals surface area (Å²) in [5, 5.41) is 12.7. The zero-order valence-electron chi connectivity index (χ0n) is 8.74. The zero-order valence-corrected chi connectivity index (χ0v) is 8.74. The Kier molecular flexibility index (Phi) is 3.79. The highest BCUT2D eigenvalue weighted by Crippen LogP contribution is 2.25. The van der Waals surface area contributed by atoms with Gasteiger partial charge in [-0.25, -0.2) is 0 Å². The number of hydrogen-bond acceptors (Lipinski definition) is 3. The van der Waals surface area contributed by atoms with Crippen LogP contribution in [0.5, 0.6) is 0 Å². The van der Waals surface area contributed by atoms with E-state index >= 15 is 0 Å². The minimum atomic E-state index is 0.346. The Bertz CT molecular complexity index is 169. The van der Waals surface area contributed by atoms with Gasteiger partial charge in [-0.2, -0.15) is 0 Å². The van der Waals surface area contributed by atoms with Crippen molar-refractivity contribution in [1.29, 1.82) is 0 Å². The van der Waals surface area contributed by atoms with Gasteiger partial charge in [0.2, 0.25) is 0 Å². The Morgan fingerprint density at radius 2 is 2.21 bits per heavy atom. The SMILES string of the molecule is OCC1CCCC1NCC1CCOC1. The second kappa shape index (κ2) is 5.10. The molecule has 2 N–H and O–H groups in total. The molecule has 3 nitrogen and oxygen atoms in total. The molecule has 3 heteroatoms. The molecule has 0 spiro atoms. The average molecular weight is 199 g/mol. The molecule has 0 radical (unpaired) electrons. The fraction of sp³-hybridized carbons (Fsp3) is 1.00. The van der Waals surface area contributed by atoms with E-state index in [-0.39, 0.29) is 0 Å². The number of rotatable bonds is 4. The van der Waals surface area contributed by atoms with Gasteiger partial charge in [0.15, 0.2) is 0 Å². The molecule has 0 aromatic rings. The van der Waals surface area contributed by atoms with E-state index in [4.69, 9.17) is 9.84 Å². The summed E-state index contributed by atoms with van der Waals surface area (Å²) in [7, 11) is 0. The maximum Gasteiger partial charge on any atom is 0.0507 e. The molecular formula is C11H21NO2. The van der Waals surface area contributed by atoms with Crippen LogP contribution in [-0.2, 0) is 4.74 Å². The third-order valence-corrected chi connectivity index (χ3v) is 3.59. The summed E-state index contributed by atoms with van der Waals surface area (Å²) < 4.78 is 5.34. The van der Waals surface area contributed by atoms with Gasteiger partial charge in [-0.15, -0.1) is 0 Å². The van der Waals surface area contributed by atoms with Gasteiger partial charge < -0.3 is 15.2 Å². The average Bonchev–Trinajstić information content (AvgIpc) is 2.85. The van der Waals surface area contributed by atoms with Crippen molar-refractivity contribution < 1.29 is 9.84 Å². The van der Waals surface area contributed by atoms with Crippen LogP contribution >= 0.6 is 0 Å². The van der Waals surface area contributed by atoms with Crippen LogP contribution in [0.25, 0.3) is 0 Å². The van der Waals surface area contributed by atoms with E-state index in [1.807, 2.05) is 0 Å². The van der Waals surface area contributed by atoms with Crippen molar-refractivity contribution in [2.75, 3.05) is 26.4 Å². The lowest BCUT2D eigenvalue weighted by Crippen LogP contribution is -2.37. The minimum absolute atomic E-state index is 0.346. The Labute approximate surface area is 85.8 Å². The van der Waals surface area contributed by atoms with Crippen LogP contribution in [-0.4, -0.2) is 37.5 Å². The molecule has 1 aliphatic heterocycles. The predicted molar refractivity (Wildman–Crippen MR) is 55.1 cm³/mol. The van der Waals surface area contributed by atoms with E-state index in [1.54, 1.807) is 0 Å². The van der Waals surface area contributed by atoms with Gasteiger partial charge in [0, 0.05) is 25.8 Å². The van der Waals surface area contributed by atoms with E-state index in [2.05, 4.69) is 5.32 Å². The number of hydrogen-bond donors (Lipinski definition) is 2. The third-order valence-electron chi connectivity index (χ3n) is 3.59. The molecule has 14 heavy (non-hydrogen) atoms. The lowest BCUT2D eigenvalue weighted by Gasteiger charge is -2.20. The molecule has 1 saturated carbocycles. The summed E-state index contributed by atoms with van der Waals surface area (Å²) in [6.45, 7) is 3.27. The summed E-state index contributed by atoms with van der Waals surface area (Å²) in [6, 6.07) is 0.556. The predicted octanol–water partition coefficient (Wildman–Crippen LogP) is 0.773. The van der Waals surface area contributed by atoms with Gasteiger partial charge in [-0.1, -0.05) is 6.42 Å². The lowest BCUT2D eigenvalue weighted by atomic mass is 10.0. The van der Waals surface area contributed by atoms with Crippen LogP contribution < -0.4 is 5.32 Å². The standard InChI is InChI=1S/C11H21NO2/c13-7-10-2-1-3-11(10)12-6-9-4-5-14-8-9/h9-13H,1-8H2. The van der Waals surface area contributed by atoms with Crippen molar-refractivity contribution in [2.24, 2.45) is 11.8 Å². The van der Waals surface area contributed by atoms with Crippen LogP contribution in [0, 0.1) is 11.8 Å². The molecule has 0 aromatic heterocycles. The third kappa shape index (κ3) is 2.47. The first kappa shape index (κ1) is 10.4. The molecule has 82 valence electrons. The van der Waals surface area contributed by atoms with Crippen molar-refractivity contribution in [2.45, 2.75) is 31.7 Å². The summed E-state index contributed by atoms with van der Waals surface area (Å²) >= 11 is 0. The lowest BCUT2D eigenvalue weighted by molar-refractivity contribution is 0.179. The van der Waals surface area contributed by atoms with Crippen molar-refractivity contribution in [3.05, 3.63) is 0 Å². The van der Waals surface area contributed by atoms with E-state index in [1.165, 1.54) is 25.7 Å². The fourth-order valence-corrected chi connectivity index (χ4v) is 2.59. The molecular weight excluding hydrogens is 178 g/mol. The van der Waals surface area contributed by atoms with Gasteiger partial charge in [-0.3, -0.25) is 0 Å². The molecule has 0 aromatic carbocycles. The molecule has 2 rings (SSSR count). The topological polar surface area (TPSA) is 41.5 Å². The Hall–Kier alpha value is -0.120. The molecule has 3 unspecified atom stereocenters. The molecule has 0 amide bonds. The highest BCUT2D eigenvalue weighted by molar-refractivity contribution is 4.83. The summed E-state index contributed by atoms with van der Waals surface area (Å²) in [5.41, 5.74) is 0. The van der Waals surface area contributed by atoms with Gasteiger partial charge in [0.1, 0.15) is 0 Å². The molecule has 1 heterocycles. The number of aliphatic hydroxyl groups is 1. The number of aliphatic hydroxyl groups excluding tert-OH is 1. The minimum Gasteiger partial charge on any atom is -0.396 e. The smallest absolute Gasteiger partial charge is 0.0507 e. The molecule has 2 fully saturated rings. The van der Waals surface area contributed by atoms with Crippen molar-refractivity contribution >= 4 is 0 Å². The first-order chi connectivity index (χ1) is 6.90. The number of ether oxygens (including phenoxy) is 1. The van der Waals surface area contributed by atoms with E-state index < -0.39 is 0 Å². The van der Waals surface area contributed by atoms with Gasteiger partial charge in [-0.05, 0) is 31.1 Å². The van der Waals surface area contributed by atoms with Crippen molar-refractivity contribution in [3.8, 4) is 0 Å². The van der Waals surface area contributed by atoms with Crippen molar-refractivity contribution in [3.63, 3.8) is 0 Å². The quantitative estimate of drug-likeness (QED) is 0.703. The Balaban J connectivity index is 1.68. The van der Waals surface area contributed by atoms with E-state index in [0.29, 0.717) is 24.5 Å². The van der Waals surface area contributed by atoms with E-state index in [9.17, 15) is 0 Å². The summed E-state index contributed by atoms with van der Waals surface area (Å²) in [4.78, 5) is 0. The Morgan fingerprint density at radius 3 is 2.93 bits per heavy atom. The fourth-order valence-electron chi connectivity index (χ4n) is 2.59. The summed E-state index contributed by atoms with van der Waals surface area (Å²) in [6.07, 6.45) is 4.89. The monoisotopic (exact) mass is 199 g/mol. The van der Waals surface area contributed by atoms with Gasteiger partial charge in [0.25, 0.3) is 0 Å². The van der Waals surface area contributed by atoms with Gasteiger partial charge >= 0.3 is 0 Å². The molecule has 2 aliphatic rings. The molecule has 0 bridgehead atoms. The van der Waals surface area contributed by atoms with Crippen LogP contribution in [0.3, 0.4) is 0 Å². The maximum absolute atomic E-state index is 9.16. The summed E-state index contributed by atoms with van der Waals surface area (Å²) in [5.74, 6) is 1.20. The largest absolute Gasteiger partial charge is 0.396 e. The highest BCUT2D eigenvalue weighted by atomic mass is 16.5. The molecule has 1 saturated heterocycles. The normalized spacial score (nSPS) is 37.9. The Morgan fingerprint density at radius 1 is 1.29 bits per heavy atom. The molecule has 1 aliphatic carbocycles. The first-order valence-corrected chi connectivity index (χ1v) is 5.82. The maximum atomic E-state index is 9.16. The van der Waals surface area contributed by atoms with Crippen LogP contribution in [0.15, 0.2) is 0 Å². The molecule has 3 atom stereocenters. The van der Waals surface area contributed by atoms with Crippen LogP contribution in [0.4, 0.5) is 0 Å². The number of nitrogens with one attached hydrogen (secondary N) is 1. The van der Waals surface area contributed by atoms with Crippen molar-refractivity contribution in [1.82, 2.24) is 5.32 Å². The second-order valence-corrected chi connectivity index (χ2v) is 4.62. The second-order valence-electron chi connectivity index (χ2n) is 4.62. The highest BCUT2D eigenvalue weighted by Gasteiger charge is 2.27. The zero-order chi connectivity index (χ0) is 9.80.